The highest BCUT2D eigenvalue weighted by Gasteiger charge is 2.16. The van der Waals surface area contributed by atoms with Crippen molar-refractivity contribution in [2.45, 2.75) is 12.8 Å². The Kier molecular flexibility index (Phi) is 5.55. The average molecular weight is 469 g/mol. The van der Waals surface area contributed by atoms with Gasteiger partial charge < -0.3 is 9.52 Å². The predicted octanol–water partition coefficient (Wildman–Crippen LogP) is 8.08. The van der Waals surface area contributed by atoms with Crippen molar-refractivity contribution in [1.29, 1.82) is 0 Å². The molecule has 36 heavy (non-hydrogen) atoms. The van der Waals surface area contributed by atoms with Gasteiger partial charge in [0.2, 0.25) is 5.89 Å². The van der Waals surface area contributed by atoms with Crippen molar-refractivity contribution >= 4 is 11.1 Å². The molecule has 4 nitrogen and oxygen atoms in total. The molecule has 0 aliphatic carbocycles. The van der Waals surface area contributed by atoms with Crippen molar-refractivity contribution < 1.29 is 9.52 Å². The number of oxazole rings is 1. The Morgan fingerprint density at radius 2 is 1.44 bits per heavy atom. The second-order valence-corrected chi connectivity index (χ2v) is 8.88. The first-order valence-corrected chi connectivity index (χ1v) is 12.0. The fourth-order valence-corrected chi connectivity index (χ4v) is 4.61. The van der Waals surface area contributed by atoms with Gasteiger partial charge in [0.15, 0.2) is 5.58 Å². The zero-order valence-corrected chi connectivity index (χ0v) is 19.8. The highest BCUT2D eigenvalue weighted by molar-refractivity contribution is 5.93. The normalized spacial score (nSPS) is 12.0. The van der Waals surface area contributed by atoms with Gasteiger partial charge in [0.1, 0.15) is 11.3 Å². The summed E-state index contributed by atoms with van der Waals surface area (Å²) in [6.07, 6.45) is 1.88. The third-order valence-corrected chi connectivity index (χ3v) is 6.61. The lowest BCUT2D eigenvalue weighted by molar-refractivity contribution is 0.474. The molecule has 1 unspecified atom stereocenters. The molecule has 2 aromatic heterocycles. The summed E-state index contributed by atoms with van der Waals surface area (Å²) < 4.78 is 6.01. The number of aromatic hydroxyl groups is 1. The maximum atomic E-state index is 10.3. The molecule has 6 aromatic rings. The molecule has 0 bridgehead atoms. The van der Waals surface area contributed by atoms with Crippen molar-refractivity contribution in [2.24, 2.45) is 0 Å². The molecule has 0 aliphatic heterocycles. The fraction of sp³-hybridized carbons (Fsp3) is 0.0625. The number of phenolic OH excluding ortho intramolecular Hbond substituents is 1. The Bertz CT molecular complexity index is 1670. The quantitative estimate of drug-likeness (QED) is 0.278. The van der Waals surface area contributed by atoms with Crippen LogP contribution in [0.1, 0.15) is 24.0 Å². The zero-order valence-electron chi connectivity index (χ0n) is 19.8. The highest BCUT2D eigenvalue weighted by Crippen LogP contribution is 2.36. The van der Waals surface area contributed by atoms with Gasteiger partial charge in [-0.2, -0.15) is 0 Å². The molecule has 0 aliphatic rings. The minimum Gasteiger partial charge on any atom is -0.507 e. The molecule has 4 heteroatoms. The Labute approximate surface area is 209 Å². The van der Waals surface area contributed by atoms with Gasteiger partial charge in [0.05, 0.1) is 11.3 Å². The van der Waals surface area contributed by atoms with E-state index in [1.54, 1.807) is 18.2 Å². The Morgan fingerprint density at radius 3 is 2.31 bits per heavy atom. The van der Waals surface area contributed by atoms with E-state index in [2.05, 4.69) is 66.5 Å². The van der Waals surface area contributed by atoms with Crippen LogP contribution in [0.5, 0.6) is 5.75 Å². The molecule has 0 radical (unpaired) electrons. The molecule has 0 amide bonds. The summed E-state index contributed by atoms with van der Waals surface area (Å²) in [5.41, 5.74) is 8.47. The van der Waals surface area contributed by atoms with Crippen LogP contribution < -0.4 is 0 Å². The van der Waals surface area contributed by atoms with E-state index in [4.69, 9.17) is 9.40 Å². The predicted molar refractivity (Wildman–Crippen MR) is 144 cm³/mol. The molecule has 174 valence electrons. The Hall–Kier alpha value is -4.70. The number of hydrogen-bond acceptors (Lipinski definition) is 4. The molecule has 4 aromatic carbocycles. The number of para-hydroxylation sites is 2. The van der Waals surface area contributed by atoms with E-state index in [-0.39, 0.29) is 11.7 Å². The first-order chi connectivity index (χ1) is 17.7. The summed E-state index contributed by atoms with van der Waals surface area (Å²) in [5.74, 6) is 0.812. The third kappa shape index (κ3) is 4.03. The summed E-state index contributed by atoms with van der Waals surface area (Å²) >= 11 is 0. The Morgan fingerprint density at radius 1 is 0.694 bits per heavy atom. The minimum atomic E-state index is 0.142. The number of phenols is 1. The molecule has 0 spiro atoms. The molecule has 1 atom stereocenters. The molecule has 0 fully saturated rings. The van der Waals surface area contributed by atoms with E-state index in [1.807, 2.05) is 42.6 Å². The molecule has 1 N–H and O–H groups in total. The molecular formula is C32H24N2O2. The van der Waals surface area contributed by atoms with Gasteiger partial charge >= 0.3 is 0 Å². The number of fused-ring (bicyclic) bond motifs is 1. The average Bonchev–Trinajstić information content (AvgIpc) is 3.38. The lowest BCUT2D eigenvalue weighted by Crippen LogP contribution is -1.97. The topological polar surface area (TPSA) is 59.2 Å². The number of hydrogen-bond donors (Lipinski definition) is 1. The zero-order chi connectivity index (χ0) is 24.5. The van der Waals surface area contributed by atoms with Crippen LogP contribution in [0.3, 0.4) is 0 Å². The number of rotatable bonds is 5. The summed E-state index contributed by atoms with van der Waals surface area (Å²) in [5, 5.41) is 10.3. The van der Waals surface area contributed by atoms with Gasteiger partial charge in [-0.3, -0.25) is 4.98 Å². The van der Waals surface area contributed by atoms with Crippen LogP contribution in [0.15, 0.2) is 120 Å². The van der Waals surface area contributed by atoms with Crippen molar-refractivity contribution in [1.82, 2.24) is 9.97 Å². The minimum absolute atomic E-state index is 0.142. The van der Waals surface area contributed by atoms with Crippen LogP contribution in [0.2, 0.25) is 0 Å². The smallest absolute Gasteiger partial charge is 0.231 e. The molecule has 6 rings (SSSR count). The maximum absolute atomic E-state index is 10.3. The summed E-state index contributed by atoms with van der Waals surface area (Å²) in [6, 6.07) is 36.1. The van der Waals surface area contributed by atoms with E-state index in [1.165, 1.54) is 11.1 Å². The second kappa shape index (κ2) is 9.16. The van der Waals surface area contributed by atoms with E-state index in [0.29, 0.717) is 17.0 Å². The maximum Gasteiger partial charge on any atom is 0.231 e. The van der Waals surface area contributed by atoms with E-state index >= 15 is 0 Å². The number of benzene rings is 4. The third-order valence-electron chi connectivity index (χ3n) is 6.61. The van der Waals surface area contributed by atoms with Crippen LogP contribution in [0.4, 0.5) is 0 Å². The second-order valence-electron chi connectivity index (χ2n) is 8.88. The van der Waals surface area contributed by atoms with Crippen LogP contribution >= 0.6 is 0 Å². The van der Waals surface area contributed by atoms with Gasteiger partial charge in [0.25, 0.3) is 0 Å². The first kappa shape index (κ1) is 21.8. The van der Waals surface area contributed by atoms with Gasteiger partial charge in [-0.25, -0.2) is 4.98 Å². The van der Waals surface area contributed by atoms with Crippen LogP contribution in [-0.4, -0.2) is 15.1 Å². The number of aromatic nitrogens is 2. The van der Waals surface area contributed by atoms with Crippen LogP contribution in [0, 0.1) is 0 Å². The summed E-state index contributed by atoms with van der Waals surface area (Å²) in [6.45, 7) is 2.22. The summed E-state index contributed by atoms with van der Waals surface area (Å²) in [7, 11) is 0. The summed E-state index contributed by atoms with van der Waals surface area (Å²) in [4.78, 5) is 9.43. The van der Waals surface area contributed by atoms with E-state index in [0.717, 1.165) is 27.9 Å². The molecule has 2 heterocycles. The van der Waals surface area contributed by atoms with Gasteiger partial charge in [-0.05, 0) is 53.1 Å². The van der Waals surface area contributed by atoms with Crippen molar-refractivity contribution in [3.63, 3.8) is 0 Å². The molecule has 0 saturated heterocycles. The number of pyridine rings is 1. The van der Waals surface area contributed by atoms with Crippen molar-refractivity contribution in [3.8, 4) is 39.6 Å². The van der Waals surface area contributed by atoms with Gasteiger partial charge in [-0.1, -0.05) is 79.7 Å². The Balaban J connectivity index is 1.39. The van der Waals surface area contributed by atoms with Crippen molar-refractivity contribution in [2.75, 3.05) is 0 Å². The number of nitrogens with zero attached hydrogens (tertiary/aromatic N) is 2. The highest BCUT2D eigenvalue weighted by atomic mass is 16.3. The largest absolute Gasteiger partial charge is 0.507 e. The SMILES string of the molecule is CC(c1ccccc1)c1ccnc(-c2cccc(-c3cccc4oc(-c5ccccc5O)nc34)c2)c1. The van der Waals surface area contributed by atoms with Gasteiger partial charge in [-0.15, -0.1) is 0 Å². The van der Waals surface area contributed by atoms with E-state index in [9.17, 15) is 5.11 Å². The van der Waals surface area contributed by atoms with Crippen molar-refractivity contribution in [3.05, 3.63) is 127 Å². The first-order valence-electron chi connectivity index (χ1n) is 12.0. The van der Waals surface area contributed by atoms with Crippen LogP contribution in [-0.2, 0) is 0 Å². The van der Waals surface area contributed by atoms with Crippen LogP contribution in [0.25, 0.3) is 44.9 Å². The molecule has 0 saturated carbocycles. The monoisotopic (exact) mass is 468 g/mol. The van der Waals surface area contributed by atoms with E-state index < -0.39 is 0 Å². The fourth-order valence-electron chi connectivity index (χ4n) is 4.61. The standard InChI is InChI=1S/C32H24N2O2/c1-21(22-9-3-2-4-10-22)23-17-18-33-28(20-23)25-12-7-11-24(19-25)26-14-8-16-30-31(26)34-32(36-30)27-13-5-6-15-29(27)35/h2-21,35H,1H3. The lowest BCUT2D eigenvalue weighted by Gasteiger charge is -2.14. The van der Waals surface area contributed by atoms with Gasteiger partial charge in [0, 0.05) is 23.2 Å². The lowest BCUT2D eigenvalue weighted by atomic mass is 9.92. The molecular weight excluding hydrogens is 444 g/mol.